The van der Waals surface area contributed by atoms with Gasteiger partial charge >= 0.3 is 0 Å². The van der Waals surface area contributed by atoms with Crippen LogP contribution >= 0.6 is 11.6 Å². The van der Waals surface area contributed by atoms with E-state index in [9.17, 15) is 31.5 Å². The van der Waals surface area contributed by atoms with E-state index in [1.165, 1.54) is 19.2 Å². The highest BCUT2D eigenvalue weighted by Gasteiger charge is 2.55. The number of anilines is 1. The van der Waals surface area contributed by atoms with Crippen LogP contribution in [0.4, 0.5) is 18.9 Å². The van der Waals surface area contributed by atoms with Gasteiger partial charge in [-0.25, -0.2) is 21.6 Å². The molecule has 1 amide bonds. The summed E-state index contributed by atoms with van der Waals surface area (Å²) in [6, 6.07) is 4.87. The molecule has 34 heavy (non-hydrogen) atoms. The number of ether oxygens (including phenoxy) is 1. The third-order valence-corrected chi connectivity index (χ3v) is 9.58. The predicted octanol–water partition coefficient (Wildman–Crippen LogP) is 4.35. The Morgan fingerprint density at radius 3 is 2.29 bits per heavy atom. The van der Waals surface area contributed by atoms with Crippen LogP contribution in [-0.4, -0.2) is 44.0 Å². The van der Waals surface area contributed by atoms with Crippen molar-refractivity contribution in [3.63, 3.8) is 0 Å². The van der Waals surface area contributed by atoms with Crippen LogP contribution in [0.3, 0.4) is 0 Å². The first-order chi connectivity index (χ1) is 16.0. The minimum absolute atomic E-state index is 0.0690. The number of carbonyl (C=O) groups excluding carboxylic acids is 1. The quantitative estimate of drug-likeness (QED) is 0.556. The summed E-state index contributed by atoms with van der Waals surface area (Å²) in [7, 11) is -2.47. The molecule has 0 aliphatic heterocycles. The lowest BCUT2D eigenvalue weighted by atomic mass is 9.75. The molecule has 6 nitrogen and oxygen atoms in total. The molecule has 2 fully saturated rings. The molecule has 4 rings (SSSR count). The predicted molar refractivity (Wildman–Crippen MR) is 119 cm³/mol. The van der Waals surface area contributed by atoms with Gasteiger partial charge in [-0.05, 0) is 55.7 Å². The summed E-state index contributed by atoms with van der Waals surface area (Å²) in [5.74, 6) is -5.95. The molecule has 4 atom stereocenters. The molecule has 3 unspecified atom stereocenters. The zero-order chi connectivity index (χ0) is 24.8. The molecule has 2 N–H and O–H groups in total. The number of benzene rings is 2. The van der Waals surface area contributed by atoms with E-state index in [2.05, 4.69) is 5.32 Å². The Hall–Kier alpha value is -2.14. The lowest BCUT2D eigenvalue weighted by molar-refractivity contribution is -0.104. The van der Waals surface area contributed by atoms with E-state index in [-0.39, 0.29) is 52.5 Å². The van der Waals surface area contributed by atoms with Crippen LogP contribution in [0.15, 0.2) is 35.2 Å². The second-order valence-corrected chi connectivity index (χ2v) is 11.5. The minimum Gasteiger partial charge on any atom is -0.387 e. The SMILES string of the molecule is COCC1(O)C2CC[C@H]1CC(S(=O)(=O)c1cc(C(=O)Nc3cc(F)c(F)c(F)c3)ccc1Cl)C2. The summed E-state index contributed by atoms with van der Waals surface area (Å²) in [6.07, 6.45) is 1.86. The van der Waals surface area contributed by atoms with E-state index in [1.54, 1.807) is 0 Å². The molecule has 184 valence electrons. The second-order valence-electron chi connectivity index (χ2n) is 8.89. The van der Waals surface area contributed by atoms with Crippen molar-refractivity contribution in [1.29, 1.82) is 0 Å². The smallest absolute Gasteiger partial charge is 0.255 e. The lowest BCUT2D eigenvalue weighted by Gasteiger charge is -2.42. The first kappa shape index (κ1) is 25.0. The van der Waals surface area contributed by atoms with Crippen molar-refractivity contribution in [2.24, 2.45) is 11.8 Å². The molecule has 2 aromatic rings. The average Bonchev–Trinajstić information content (AvgIpc) is 2.93. The minimum atomic E-state index is -3.97. The van der Waals surface area contributed by atoms with Gasteiger partial charge in [0.25, 0.3) is 5.91 Å². The Kier molecular flexibility index (Phi) is 6.71. The normalized spacial score (nSPS) is 26.5. The topological polar surface area (TPSA) is 92.7 Å². The number of methoxy groups -OCH3 is 1. The van der Waals surface area contributed by atoms with Gasteiger partial charge in [0.1, 0.15) is 0 Å². The van der Waals surface area contributed by atoms with Gasteiger partial charge in [-0.15, -0.1) is 0 Å². The van der Waals surface area contributed by atoms with E-state index in [4.69, 9.17) is 16.3 Å². The van der Waals surface area contributed by atoms with Crippen LogP contribution in [0.25, 0.3) is 0 Å². The Balaban J connectivity index is 1.59. The van der Waals surface area contributed by atoms with Crippen molar-refractivity contribution in [3.05, 3.63) is 58.4 Å². The highest BCUT2D eigenvalue weighted by Crippen LogP contribution is 2.52. The fourth-order valence-electron chi connectivity index (χ4n) is 5.20. The molecule has 2 bridgehead atoms. The van der Waals surface area contributed by atoms with Crippen LogP contribution < -0.4 is 5.32 Å². The van der Waals surface area contributed by atoms with Gasteiger partial charge in [0, 0.05) is 30.5 Å². The molecule has 0 spiro atoms. The Morgan fingerprint density at radius 2 is 1.74 bits per heavy atom. The van der Waals surface area contributed by atoms with Gasteiger partial charge in [0.05, 0.1) is 27.4 Å². The van der Waals surface area contributed by atoms with Gasteiger partial charge in [-0.2, -0.15) is 0 Å². The van der Waals surface area contributed by atoms with Gasteiger partial charge in [0.15, 0.2) is 27.3 Å². The number of fused-ring (bicyclic) bond motifs is 2. The van der Waals surface area contributed by atoms with Gasteiger partial charge in [-0.3, -0.25) is 4.79 Å². The number of halogens is 4. The lowest BCUT2D eigenvalue weighted by Crippen LogP contribution is -2.51. The number of hydrogen-bond acceptors (Lipinski definition) is 5. The molecule has 2 aliphatic rings. The molecule has 0 saturated heterocycles. The number of sulfone groups is 1. The molecule has 11 heteroatoms. The fraction of sp³-hybridized carbons (Fsp3) is 0.435. The first-order valence-electron chi connectivity index (χ1n) is 10.7. The summed E-state index contributed by atoms with van der Waals surface area (Å²) in [6.45, 7) is 0.135. The van der Waals surface area contributed by atoms with Gasteiger partial charge in [-0.1, -0.05) is 11.6 Å². The zero-order valence-corrected chi connectivity index (χ0v) is 19.7. The highest BCUT2D eigenvalue weighted by atomic mass is 35.5. The number of amides is 1. The van der Waals surface area contributed by atoms with Gasteiger partial charge < -0.3 is 15.2 Å². The maximum Gasteiger partial charge on any atom is 0.255 e. The fourth-order valence-corrected chi connectivity index (χ4v) is 7.61. The largest absolute Gasteiger partial charge is 0.387 e. The van der Waals surface area contributed by atoms with Crippen LogP contribution in [0.1, 0.15) is 36.0 Å². The Morgan fingerprint density at radius 1 is 1.15 bits per heavy atom. The average molecular weight is 518 g/mol. The number of rotatable bonds is 6. The van der Waals surface area contributed by atoms with E-state index in [0.717, 1.165) is 6.07 Å². The summed E-state index contributed by atoms with van der Waals surface area (Å²) in [4.78, 5) is 12.4. The van der Waals surface area contributed by atoms with Gasteiger partial charge in [0.2, 0.25) is 0 Å². The number of hydrogen-bond donors (Lipinski definition) is 2. The van der Waals surface area contributed by atoms with Crippen molar-refractivity contribution in [2.75, 3.05) is 19.0 Å². The molecule has 2 aliphatic carbocycles. The van der Waals surface area contributed by atoms with Crippen LogP contribution in [0.5, 0.6) is 0 Å². The van der Waals surface area contributed by atoms with Crippen LogP contribution in [0.2, 0.25) is 5.02 Å². The Bertz CT molecular complexity index is 1200. The first-order valence-corrected chi connectivity index (χ1v) is 12.6. The Labute approximate surface area is 200 Å². The monoisotopic (exact) mass is 517 g/mol. The second kappa shape index (κ2) is 9.14. The molecule has 0 aromatic heterocycles. The van der Waals surface area contributed by atoms with Crippen molar-refractivity contribution < 1.29 is 36.2 Å². The summed E-state index contributed by atoms with van der Waals surface area (Å²) >= 11 is 6.20. The summed E-state index contributed by atoms with van der Waals surface area (Å²) in [5, 5.41) is 12.4. The molecule has 2 saturated carbocycles. The third kappa shape index (κ3) is 4.32. The maximum atomic E-state index is 13.5. The van der Waals surface area contributed by atoms with Crippen molar-refractivity contribution in [1.82, 2.24) is 0 Å². The maximum absolute atomic E-state index is 13.5. The van der Waals surface area contributed by atoms with Crippen molar-refractivity contribution >= 4 is 33.0 Å². The van der Waals surface area contributed by atoms with Crippen LogP contribution in [-0.2, 0) is 14.6 Å². The van der Waals surface area contributed by atoms with E-state index in [0.29, 0.717) is 25.0 Å². The molecule has 2 aromatic carbocycles. The number of carbonyl (C=O) groups is 1. The third-order valence-electron chi connectivity index (χ3n) is 6.93. The van der Waals surface area contributed by atoms with Crippen molar-refractivity contribution in [2.45, 2.75) is 41.4 Å². The number of aliphatic hydroxyl groups is 1. The van der Waals surface area contributed by atoms with E-state index in [1.807, 2.05) is 0 Å². The van der Waals surface area contributed by atoms with Crippen molar-refractivity contribution in [3.8, 4) is 0 Å². The van der Waals surface area contributed by atoms with E-state index < -0.39 is 44.0 Å². The molecular formula is C23H23ClF3NO5S. The highest BCUT2D eigenvalue weighted by molar-refractivity contribution is 7.92. The summed E-state index contributed by atoms with van der Waals surface area (Å²) < 4.78 is 72.2. The van der Waals surface area contributed by atoms with E-state index >= 15 is 0 Å². The van der Waals surface area contributed by atoms with Crippen LogP contribution in [0, 0.1) is 29.3 Å². The standard InChI is InChI=1S/C23H23ClF3NO5S/c1-33-11-23(30)13-3-4-14(23)8-16(7-13)34(31,32)20-6-12(2-5-17(20)24)22(29)28-15-9-18(25)21(27)19(26)10-15/h2,5-6,9-10,13-14,16,30H,3-4,7-8,11H2,1H3,(H,28,29)/t13-,14?,16?,23?/m0/s1. The molecule has 0 radical (unpaired) electrons. The molecule has 0 heterocycles. The summed E-state index contributed by atoms with van der Waals surface area (Å²) in [5.41, 5.74) is -1.50. The zero-order valence-electron chi connectivity index (χ0n) is 18.2. The molecular weight excluding hydrogens is 495 g/mol. The number of nitrogens with one attached hydrogen (secondary N) is 1.